The van der Waals surface area contributed by atoms with Crippen molar-refractivity contribution in [3.63, 3.8) is 0 Å². The van der Waals surface area contributed by atoms with Gasteiger partial charge in [-0.3, -0.25) is 14.9 Å². The predicted octanol–water partition coefficient (Wildman–Crippen LogP) is 3.23. The van der Waals surface area contributed by atoms with E-state index in [-0.39, 0.29) is 17.6 Å². The number of nitrogens with one attached hydrogen (secondary N) is 1. The maximum absolute atomic E-state index is 12.7. The molecule has 0 aliphatic carbocycles. The van der Waals surface area contributed by atoms with Crippen LogP contribution in [-0.2, 0) is 11.3 Å². The number of guanidine groups is 1. The Bertz CT molecular complexity index is 924. The Morgan fingerprint density at radius 2 is 1.90 bits per heavy atom. The van der Waals surface area contributed by atoms with Gasteiger partial charge in [-0.25, -0.2) is 4.99 Å². The molecule has 8 nitrogen and oxygen atoms in total. The number of hydrogen-bond donors (Lipinski definition) is 1. The number of carbonyl (C=O) groups is 1. The smallest absolute Gasteiger partial charge is 0.269 e. The highest BCUT2D eigenvalue weighted by molar-refractivity contribution is 5.87. The summed E-state index contributed by atoms with van der Waals surface area (Å²) in [6.07, 6.45) is 0.296. The fourth-order valence-corrected chi connectivity index (χ4v) is 3.47. The average Bonchev–Trinajstić information content (AvgIpc) is 2.72. The molecule has 2 aromatic carbocycles. The number of benzene rings is 2. The standard InChI is InChI=1S/C21H25N5O3/c1-4-25-19(17-7-5-6-8-18(17)23-21(25)24(2)3)13-20(27)22-14-15-9-11-16(12-10-15)26(28)29/h5-12,19H,4,13-14H2,1-3H3,(H,22,27). The second kappa shape index (κ2) is 8.72. The Hall–Kier alpha value is -3.42. The Kier molecular flexibility index (Phi) is 6.11. The lowest BCUT2D eigenvalue weighted by Crippen LogP contribution is -2.45. The van der Waals surface area contributed by atoms with Crippen LogP contribution in [0.5, 0.6) is 0 Å². The van der Waals surface area contributed by atoms with Crippen LogP contribution < -0.4 is 5.32 Å². The van der Waals surface area contributed by atoms with E-state index < -0.39 is 4.92 Å². The van der Waals surface area contributed by atoms with E-state index >= 15 is 0 Å². The first-order chi connectivity index (χ1) is 13.9. The van der Waals surface area contributed by atoms with Crippen molar-refractivity contribution in [1.29, 1.82) is 0 Å². The first kappa shape index (κ1) is 20.3. The number of amides is 1. The average molecular weight is 395 g/mol. The van der Waals surface area contributed by atoms with Gasteiger partial charge in [0.2, 0.25) is 11.9 Å². The SMILES string of the molecule is CCN1C(N(C)C)=Nc2ccccc2C1CC(=O)NCc1ccc([N+](=O)[O-])cc1. The van der Waals surface area contributed by atoms with Crippen LogP contribution in [0.3, 0.4) is 0 Å². The summed E-state index contributed by atoms with van der Waals surface area (Å²) in [5.74, 6) is 0.751. The van der Waals surface area contributed by atoms with Crippen molar-refractivity contribution in [2.24, 2.45) is 4.99 Å². The maximum Gasteiger partial charge on any atom is 0.269 e. The van der Waals surface area contributed by atoms with Crippen molar-refractivity contribution < 1.29 is 9.72 Å². The van der Waals surface area contributed by atoms with Crippen molar-refractivity contribution in [3.05, 3.63) is 69.8 Å². The molecule has 3 rings (SSSR count). The van der Waals surface area contributed by atoms with Crippen LogP contribution in [0, 0.1) is 10.1 Å². The third-order valence-corrected chi connectivity index (χ3v) is 4.91. The van der Waals surface area contributed by atoms with Crippen molar-refractivity contribution in [1.82, 2.24) is 15.1 Å². The van der Waals surface area contributed by atoms with E-state index in [0.717, 1.165) is 29.3 Å². The van der Waals surface area contributed by atoms with Crippen LogP contribution in [-0.4, -0.2) is 47.2 Å². The molecule has 2 aromatic rings. The first-order valence-corrected chi connectivity index (χ1v) is 9.52. The van der Waals surface area contributed by atoms with E-state index in [2.05, 4.69) is 17.1 Å². The maximum atomic E-state index is 12.7. The molecule has 1 aliphatic heterocycles. The summed E-state index contributed by atoms with van der Waals surface area (Å²) in [7, 11) is 3.89. The van der Waals surface area contributed by atoms with Crippen molar-refractivity contribution in [2.75, 3.05) is 20.6 Å². The summed E-state index contributed by atoms with van der Waals surface area (Å²) in [6.45, 7) is 3.10. The van der Waals surface area contributed by atoms with Gasteiger partial charge in [-0.2, -0.15) is 0 Å². The van der Waals surface area contributed by atoms with E-state index in [1.807, 2.05) is 43.3 Å². The van der Waals surface area contributed by atoms with Crippen LogP contribution in [0.15, 0.2) is 53.5 Å². The topological polar surface area (TPSA) is 91.1 Å². The van der Waals surface area contributed by atoms with Gasteiger partial charge in [0, 0.05) is 44.9 Å². The number of fused-ring (bicyclic) bond motifs is 1. The number of nitro groups is 1. The number of aliphatic imine (C=N–C) groups is 1. The summed E-state index contributed by atoms with van der Waals surface area (Å²) < 4.78 is 0. The zero-order valence-electron chi connectivity index (χ0n) is 16.8. The van der Waals surface area contributed by atoms with Gasteiger partial charge in [-0.05, 0) is 18.6 Å². The summed E-state index contributed by atoms with van der Waals surface area (Å²) in [6, 6.07) is 14.0. The van der Waals surface area contributed by atoms with Gasteiger partial charge in [0.25, 0.3) is 5.69 Å². The van der Waals surface area contributed by atoms with Crippen molar-refractivity contribution in [2.45, 2.75) is 25.9 Å². The van der Waals surface area contributed by atoms with Crippen LogP contribution in [0.4, 0.5) is 11.4 Å². The number of nitro benzene ring substituents is 1. The van der Waals surface area contributed by atoms with Gasteiger partial charge < -0.3 is 15.1 Å². The quantitative estimate of drug-likeness (QED) is 0.599. The van der Waals surface area contributed by atoms with Crippen LogP contribution in [0.2, 0.25) is 0 Å². The fourth-order valence-electron chi connectivity index (χ4n) is 3.47. The molecular weight excluding hydrogens is 370 g/mol. The number of nitrogens with zero attached hydrogens (tertiary/aromatic N) is 4. The number of hydrogen-bond acceptors (Lipinski definition) is 6. The molecule has 8 heteroatoms. The minimum atomic E-state index is -0.438. The molecule has 1 amide bonds. The van der Waals surface area contributed by atoms with E-state index in [1.165, 1.54) is 12.1 Å². The number of non-ortho nitro benzene ring substituents is 1. The highest BCUT2D eigenvalue weighted by atomic mass is 16.6. The van der Waals surface area contributed by atoms with Crippen LogP contribution >= 0.6 is 0 Å². The minimum absolute atomic E-state index is 0.0352. The second-order valence-corrected chi connectivity index (χ2v) is 7.07. The van der Waals surface area contributed by atoms with Crippen LogP contribution in [0.25, 0.3) is 0 Å². The number of rotatable bonds is 6. The van der Waals surface area contributed by atoms with Gasteiger partial charge in [-0.1, -0.05) is 30.3 Å². The molecule has 1 atom stereocenters. The third kappa shape index (κ3) is 4.53. The van der Waals surface area contributed by atoms with Crippen molar-refractivity contribution in [3.8, 4) is 0 Å². The molecule has 0 aromatic heterocycles. The molecule has 29 heavy (non-hydrogen) atoms. The minimum Gasteiger partial charge on any atom is -0.352 e. The number of carbonyl (C=O) groups excluding carboxylic acids is 1. The Labute approximate surface area is 170 Å². The Morgan fingerprint density at radius 3 is 2.52 bits per heavy atom. The number of para-hydroxylation sites is 1. The third-order valence-electron chi connectivity index (χ3n) is 4.91. The second-order valence-electron chi connectivity index (χ2n) is 7.07. The lowest BCUT2D eigenvalue weighted by Gasteiger charge is -2.39. The molecule has 0 fully saturated rings. The molecule has 0 saturated heterocycles. The molecule has 1 N–H and O–H groups in total. The molecule has 0 bridgehead atoms. The predicted molar refractivity (Wildman–Crippen MR) is 112 cm³/mol. The summed E-state index contributed by atoms with van der Waals surface area (Å²) in [5.41, 5.74) is 2.77. The van der Waals surface area contributed by atoms with E-state index in [9.17, 15) is 14.9 Å². The van der Waals surface area contributed by atoms with Crippen LogP contribution in [0.1, 0.15) is 30.5 Å². The first-order valence-electron chi connectivity index (χ1n) is 9.52. The Balaban J connectivity index is 1.72. The van der Waals surface area contributed by atoms with Gasteiger partial charge in [-0.15, -0.1) is 0 Å². The summed E-state index contributed by atoms with van der Waals surface area (Å²) in [4.78, 5) is 31.9. The highest BCUT2D eigenvalue weighted by Gasteiger charge is 2.31. The molecule has 0 spiro atoms. The Morgan fingerprint density at radius 1 is 1.21 bits per heavy atom. The van der Waals surface area contributed by atoms with Gasteiger partial charge >= 0.3 is 0 Å². The summed E-state index contributed by atoms with van der Waals surface area (Å²) in [5, 5.41) is 13.7. The monoisotopic (exact) mass is 395 g/mol. The highest BCUT2D eigenvalue weighted by Crippen LogP contribution is 2.36. The van der Waals surface area contributed by atoms with E-state index in [1.54, 1.807) is 12.1 Å². The molecular formula is C21H25N5O3. The van der Waals surface area contributed by atoms with E-state index in [4.69, 9.17) is 4.99 Å². The lowest BCUT2D eigenvalue weighted by molar-refractivity contribution is -0.384. The van der Waals surface area contributed by atoms with E-state index in [0.29, 0.717) is 13.0 Å². The largest absolute Gasteiger partial charge is 0.352 e. The molecule has 1 heterocycles. The lowest BCUT2D eigenvalue weighted by atomic mass is 9.98. The summed E-state index contributed by atoms with van der Waals surface area (Å²) >= 11 is 0. The van der Waals surface area contributed by atoms with Gasteiger partial charge in [0.05, 0.1) is 23.1 Å². The van der Waals surface area contributed by atoms with Gasteiger partial charge in [0.15, 0.2) is 0 Å². The molecule has 0 saturated carbocycles. The fraction of sp³-hybridized carbons (Fsp3) is 0.333. The zero-order valence-corrected chi connectivity index (χ0v) is 16.8. The molecule has 0 radical (unpaired) electrons. The van der Waals surface area contributed by atoms with Gasteiger partial charge in [0.1, 0.15) is 0 Å². The normalized spacial score (nSPS) is 15.3. The zero-order chi connectivity index (χ0) is 21.0. The van der Waals surface area contributed by atoms with Crippen molar-refractivity contribution >= 4 is 23.2 Å². The molecule has 152 valence electrons. The molecule has 1 aliphatic rings. The molecule has 1 unspecified atom stereocenters.